The fraction of sp³-hybridized carbons (Fsp3) is 0.355. The van der Waals surface area contributed by atoms with Crippen LogP contribution < -0.4 is 9.47 Å². The van der Waals surface area contributed by atoms with Crippen LogP contribution in [0, 0.1) is 13.8 Å². The molecule has 2 amide bonds. The molecule has 1 fully saturated rings. The Balaban J connectivity index is 1.28. The number of para-hydroxylation sites is 1. The van der Waals surface area contributed by atoms with E-state index in [2.05, 4.69) is 32.0 Å². The van der Waals surface area contributed by atoms with Crippen LogP contribution in [0.2, 0.25) is 0 Å². The van der Waals surface area contributed by atoms with Crippen molar-refractivity contribution < 1.29 is 24.2 Å². The van der Waals surface area contributed by atoms with Gasteiger partial charge in [-0.05, 0) is 67.3 Å². The number of urea groups is 1. The minimum absolute atomic E-state index is 0.0387. The maximum absolute atomic E-state index is 12.8. The Morgan fingerprint density at radius 1 is 0.974 bits per heavy atom. The van der Waals surface area contributed by atoms with Crippen molar-refractivity contribution in [3.05, 3.63) is 95.1 Å². The lowest BCUT2D eigenvalue weighted by atomic mass is 9.96. The van der Waals surface area contributed by atoms with Gasteiger partial charge in [-0.3, -0.25) is 0 Å². The van der Waals surface area contributed by atoms with Gasteiger partial charge >= 0.3 is 12.0 Å². The third-order valence-corrected chi connectivity index (χ3v) is 7.22. The summed E-state index contributed by atoms with van der Waals surface area (Å²) in [6.07, 6.45) is 0.929. The van der Waals surface area contributed by atoms with E-state index in [9.17, 15) is 14.7 Å². The fourth-order valence-corrected chi connectivity index (χ4v) is 4.68. The average Bonchev–Trinajstić information content (AvgIpc) is 3.15. The van der Waals surface area contributed by atoms with E-state index >= 15 is 0 Å². The van der Waals surface area contributed by atoms with Gasteiger partial charge in [0.15, 0.2) is 0 Å². The van der Waals surface area contributed by atoms with Gasteiger partial charge in [-0.2, -0.15) is 0 Å². The molecule has 7 heteroatoms. The summed E-state index contributed by atoms with van der Waals surface area (Å²) in [7, 11) is 1.85. The fourth-order valence-electron chi connectivity index (χ4n) is 4.68. The molecule has 0 radical (unpaired) electrons. The number of amides is 2. The van der Waals surface area contributed by atoms with Gasteiger partial charge in [-0.15, -0.1) is 0 Å². The SMILES string of the molecule is Cc1ccc(CN2C[C@H](CCOc3ccc(C[C@](C)(Oc4ccccc4)C(=O)O)cc3)N(C)C2=O)cc1C. The molecule has 0 aliphatic carbocycles. The summed E-state index contributed by atoms with van der Waals surface area (Å²) in [6.45, 7) is 7.50. The molecule has 4 rings (SSSR count). The summed E-state index contributed by atoms with van der Waals surface area (Å²) in [5.41, 5.74) is 3.06. The number of aliphatic carboxylic acids is 1. The monoisotopic (exact) mass is 516 g/mol. The van der Waals surface area contributed by atoms with Crippen LogP contribution in [-0.2, 0) is 17.8 Å². The maximum Gasteiger partial charge on any atom is 0.348 e. The van der Waals surface area contributed by atoms with Crippen LogP contribution in [0.4, 0.5) is 4.79 Å². The van der Waals surface area contributed by atoms with Crippen molar-refractivity contribution in [2.75, 3.05) is 20.2 Å². The van der Waals surface area contributed by atoms with Gasteiger partial charge in [0.25, 0.3) is 0 Å². The summed E-state index contributed by atoms with van der Waals surface area (Å²) in [4.78, 5) is 28.5. The Kier molecular flexibility index (Phi) is 8.25. The highest BCUT2D eigenvalue weighted by molar-refractivity contribution is 5.78. The first-order valence-corrected chi connectivity index (χ1v) is 12.9. The first-order valence-electron chi connectivity index (χ1n) is 12.9. The molecule has 38 heavy (non-hydrogen) atoms. The Labute approximate surface area is 224 Å². The highest BCUT2D eigenvalue weighted by atomic mass is 16.5. The topological polar surface area (TPSA) is 79.3 Å². The number of aryl methyl sites for hydroxylation is 2. The lowest BCUT2D eigenvalue weighted by Gasteiger charge is -2.26. The molecule has 0 bridgehead atoms. The molecule has 1 N–H and O–H groups in total. The van der Waals surface area contributed by atoms with E-state index in [1.807, 2.05) is 54.4 Å². The molecule has 2 atom stereocenters. The smallest absolute Gasteiger partial charge is 0.348 e. The molecule has 0 unspecified atom stereocenters. The number of carboxylic acids is 1. The Hall–Kier alpha value is -4.00. The number of nitrogens with zero attached hydrogens (tertiary/aromatic N) is 2. The number of carbonyl (C=O) groups is 2. The third-order valence-electron chi connectivity index (χ3n) is 7.22. The molecule has 1 aliphatic rings. The zero-order chi connectivity index (χ0) is 27.3. The Morgan fingerprint density at radius 3 is 2.32 bits per heavy atom. The van der Waals surface area contributed by atoms with Crippen LogP contribution in [0.25, 0.3) is 0 Å². The molecule has 1 saturated heterocycles. The zero-order valence-corrected chi connectivity index (χ0v) is 22.5. The second-order valence-electron chi connectivity index (χ2n) is 10.3. The maximum atomic E-state index is 12.8. The lowest BCUT2D eigenvalue weighted by Crippen LogP contribution is -2.43. The highest BCUT2D eigenvalue weighted by Gasteiger charge is 2.36. The molecular weight excluding hydrogens is 480 g/mol. The van der Waals surface area contributed by atoms with Gasteiger partial charge in [0.05, 0.1) is 12.6 Å². The van der Waals surface area contributed by atoms with Crippen molar-refractivity contribution in [2.45, 2.75) is 51.8 Å². The van der Waals surface area contributed by atoms with Crippen LogP contribution in [0.5, 0.6) is 11.5 Å². The van der Waals surface area contributed by atoms with Gasteiger partial charge < -0.3 is 24.4 Å². The van der Waals surface area contributed by atoms with Gasteiger partial charge in [0, 0.05) is 33.0 Å². The normalized spacial score (nSPS) is 16.8. The quantitative estimate of drug-likeness (QED) is 0.365. The minimum atomic E-state index is -1.40. The van der Waals surface area contributed by atoms with Crippen LogP contribution in [0.15, 0.2) is 72.8 Å². The van der Waals surface area contributed by atoms with E-state index in [0.717, 1.165) is 17.5 Å². The molecule has 0 spiro atoms. The lowest BCUT2D eigenvalue weighted by molar-refractivity contribution is -0.153. The van der Waals surface area contributed by atoms with Crippen LogP contribution in [0.3, 0.4) is 0 Å². The highest BCUT2D eigenvalue weighted by Crippen LogP contribution is 2.25. The van der Waals surface area contributed by atoms with Crippen molar-refractivity contribution in [2.24, 2.45) is 0 Å². The van der Waals surface area contributed by atoms with Crippen molar-refractivity contribution in [3.63, 3.8) is 0 Å². The van der Waals surface area contributed by atoms with Crippen LogP contribution >= 0.6 is 0 Å². The molecule has 0 saturated carbocycles. The average molecular weight is 517 g/mol. The molecule has 1 aliphatic heterocycles. The molecule has 1 heterocycles. The number of hydrogen-bond donors (Lipinski definition) is 1. The van der Waals surface area contributed by atoms with Crippen molar-refractivity contribution in [3.8, 4) is 11.5 Å². The zero-order valence-electron chi connectivity index (χ0n) is 22.5. The number of carboxylic acid groups (broad SMARTS) is 1. The first-order chi connectivity index (χ1) is 18.1. The molecule has 7 nitrogen and oxygen atoms in total. The van der Waals surface area contributed by atoms with Gasteiger partial charge in [0.1, 0.15) is 11.5 Å². The summed E-state index contributed by atoms with van der Waals surface area (Å²) < 4.78 is 11.8. The standard InChI is InChI=1S/C31H36N2O5/c1-22-10-11-25(18-23(22)2)20-33-21-26(32(4)30(33)36)16-17-37-27-14-12-24(13-15-27)19-31(3,29(34)35)38-28-8-6-5-7-9-28/h5-15,18,26H,16-17,19-21H2,1-4H3,(H,34,35)/t26-,31-/m0/s1. The van der Waals surface area contributed by atoms with E-state index in [-0.39, 0.29) is 18.5 Å². The van der Waals surface area contributed by atoms with Gasteiger partial charge in [0.2, 0.25) is 5.60 Å². The van der Waals surface area contributed by atoms with E-state index in [1.165, 1.54) is 11.1 Å². The largest absolute Gasteiger partial charge is 0.494 e. The number of ether oxygens (including phenoxy) is 2. The Morgan fingerprint density at radius 2 is 1.66 bits per heavy atom. The van der Waals surface area contributed by atoms with Crippen molar-refractivity contribution in [1.29, 1.82) is 0 Å². The number of benzene rings is 3. The number of rotatable bonds is 11. The summed E-state index contributed by atoms with van der Waals surface area (Å²) in [6, 6.07) is 22.8. The van der Waals surface area contributed by atoms with Crippen molar-refractivity contribution >= 4 is 12.0 Å². The summed E-state index contributed by atoms with van der Waals surface area (Å²) >= 11 is 0. The predicted octanol–water partition coefficient (Wildman–Crippen LogP) is 5.47. The molecular formula is C31H36N2O5. The summed E-state index contributed by atoms with van der Waals surface area (Å²) in [5.74, 6) is 0.192. The van der Waals surface area contributed by atoms with Crippen molar-refractivity contribution in [1.82, 2.24) is 9.80 Å². The molecule has 3 aromatic carbocycles. The number of hydrogen-bond acceptors (Lipinski definition) is 4. The number of likely N-dealkylation sites (N-methyl/N-ethyl adjacent to an activating group) is 1. The second kappa shape index (κ2) is 11.6. The minimum Gasteiger partial charge on any atom is -0.494 e. The van der Waals surface area contributed by atoms with Crippen LogP contribution in [-0.4, -0.2) is 58.7 Å². The molecule has 0 aromatic heterocycles. The molecule has 3 aromatic rings. The molecule has 200 valence electrons. The second-order valence-corrected chi connectivity index (χ2v) is 10.3. The van der Waals surface area contributed by atoms with E-state index in [0.29, 0.717) is 31.2 Å². The van der Waals surface area contributed by atoms with E-state index in [4.69, 9.17) is 9.47 Å². The Bertz CT molecular complexity index is 1260. The third kappa shape index (κ3) is 6.46. The van der Waals surface area contributed by atoms with Gasteiger partial charge in [-0.1, -0.05) is 48.5 Å². The summed E-state index contributed by atoms with van der Waals surface area (Å²) in [5, 5.41) is 9.81. The number of carbonyl (C=O) groups excluding carboxylic acids is 1. The van der Waals surface area contributed by atoms with Crippen LogP contribution in [0.1, 0.15) is 35.6 Å². The van der Waals surface area contributed by atoms with E-state index < -0.39 is 11.6 Å². The van der Waals surface area contributed by atoms with E-state index in [1.54, 1.807) is 24.0 Å². The first kappa shape index (κ1) is 27.0. The van der Waals surface area contributed by atoms with Gasteiger partial charge in [-0.25, -0.2) is 9.59 Å². The predicted molar refractivity (Wildman–Crippen MR) is 147 cm³/mol.